The molecule has 3 N–H and O–H groups in total. The molecule has 0 saturated carbocycles. The maximum absolute atomic E-state index is 12.5. The molecule has 2 aromatic carbocycles. The monoisotopic (exact) mass is 417 g/mol. The Bertz CT molecular complexity index is 962. The van der Waals surface area contributed by atoms with Gasteiger partial charge in [0.05, 0.1) is 24.6 Å². The number of Topliss-reactive ketones (excluding diaryl/α,β-unsaturated/α-hetero) is 1. The minimum Gasteiger partial charge on any atom is -0.390 e. The van der Waals surface area contributed by atoms with Crippen LogP contribution < -0.4 is 10.0 Å². The van der Waals surface area contributed by atoms with E-state index in [1.165, 1.54) is 11.1 Å². The topological polar surface area (TPSA) is 98.7 Å². The van der Waals surface area contributed by atoms with Crippen molar-refractivity contribution in [2.24, 2.45) is 0 Å². The number of nitrogens with one attached hydrogen (secondary N) is 2. The van der Waals surface area contributed by atoms with E-state index in [9.17, 15) is 18.3 Å². The maximum Gasteiger partial charge on any atom is 0.229 e. The smallest absolute Gasteiger partial charge is 0.229 e. The highest BCUT2D eigenvalue weighted by molar-refractivity contribution is 7.92. The van der Waals surface area contributed by atoms with Crippen LogP contribution in [0.5, 0.6) is 0 Å². The number of β-amino-alcohol motifs (C(OH)–C–C–N with tert-alkyl or cyclic N) is 1. The van der Waals surface area contributed by atoms with Crippen LogP contribution >= 0.6 is 0 Å². The summed E-state index contributed by atoms with van der Waals surface area (Å²) in [5.74, 6) is -0.240. The Morgan fingerprint density at radius 3 is 2.59 bits per heavy atom. The molecular formula is C21H27N3O4S. The summed E-state index contributed by atoms with van der Waals surface area (Å²) in [6.45, 7) is 2.55. The van der Waals surface area contributed by atoms with Gasteiger partial charge in [-0.1, -0.05) is 36.4 Å². The summed E-state index contributed by atoms with van der Waals surface area (Å²) in [4.78, 5) is 14.7. The van der Waals surface area contributed by atoms with Crippen molar-refractivity contribution >= 4 is 21.5 Å². The zero-order valence-corrected chi connectivity index (χ0v) is 17.3. The SMILES string of the molecule is CS(=O)(=O)Nc1ccccc1C(=O)CNCC(O)CN1CCc2ccccc2C1. The van der Waals surface area contributed by atoms with Gasteiger partial charge in [0.15, 0.2) is 5.78 Å². The van der Waals surface area contributed by atoms with Crippen LogP contribution in [-0.2, 0) is 23.0 Å². The second-order valence-electron chi connectivity index (χ2n) is 7.38. The minimum absolute atomic E-state index is 0.0162. The molecule has 0 radical (unpaired) electrons. The van der Waals surface area contributed by atoms with Gasteiger partial charge < -0.3 is 10.4 Å². The largest absolute Gasteiger partial charge is 0.390 e. The van der Waals surface area contributed by atoms with Gasteiger partial charge in [-0.2, -0.15) is 0 Å². The van der Waals surface area contributed by atoms with Crippen LogP contribution in [0.15, 0.2) is 48.5 Å². The zero-order chi connectivity index (χ0) is 20.9. The van der Waals surface area contributed by atoms with Crippen LogP contribution in [0.4, 0.5) is 5.69 Å². The highest BCUT2D eigenvalue weighted by Crippen LogP contribution is 2.19. The van der Waals surface area contributed by atoms with Gasteiger partial charge in [-0.15, -0.1) is 0 Å². The highest BCUT2D eigenvalue weighted by Gasteiger charge is 2.19. The lowest BCUT2D eigenvalue weighted by Gasteiger charge is -2.30. The summed E-state index contributed by atoms with van der Waals surface area (Å²) < 4.78 is 25.3. The van der Waals surface area contributed by atoms with Gasteiger partial charge in [-0.05, 0) is 29.7 Å². The highest BCUT2D eigenvalue weighted by atomic mass is 32.2. The van der Waals surface area contributed by atoms with Crippen molar-refractivity contribution in [3.8, 4) is 0 Å². The molecule has 0 saturated heterocycles. The summed E-state index contributed by atoms with van der Waals surface area (Å²) in [5.41, 5.74) is 3.22. The molecular weight excluding hydrogens is 390 g/mol. The van der Waals surface area contributed by atoms with Gasteiger partial charge in [0.2, 0.25) is 10.0 Å². The van der Waals surface area contributed by atoms with Crippen molar-refractivity contribution < 1.29 is 18.3 Å². The first kappa shape index (κ1) is 21.4. The summed E-state index contributed by atoms with van der Waals surface area (Å²) in [6, 6.07) is 14.8. The van der Waals surface area contributed by atoms with E-state index in [0.717, 1.165) is 25.8 Å². The van der Waals surface area contributed by atoms with Crippen LogP contribution in [0.2, 0.25) is 0 Å². The second kappa shape index (κ2) is 9.49. The number of aliphatic hydroxyl groups is 1. The van der Waals surface area contributed by atoms with Gasteiger partial charge in [0.25, 0.3) is 0 Å². The number of para-hydroxylation sites is 1. The van der Waals surface area contributed by atoms with Gasteiger partial charge in [0.1, 0.15) is 0 Å². The molecule has 156 valence electrons. The van der Waals surface area contributed by atoms with E-state index in [1.54, 1.807) is 24.3 Å². The molecule has 0 spiro atoms. The first-order valence-electron chi connectivity index (χ1n) is 9.60. The lowest BCUT2D eigenvalue weighted by atomic mass is 10.00. The van der Waals surface area contributed by atoms with Crippen molar-refractivity contribution in [2.75, 3.05) is 37.2 Å². The quantitative estimate of drug-likeness (QED) is 0.531. The predicted molar refractivity (Wildman–Crippen MR) is 114 cm³/mol. The first-order valence-corrected chi connectivity index (χ1v) is 11.5. The van der Waals surface area contributed by atoms with Crippen LogP contribution in [0.25, 0.3) is 0 Å². The zero-order valence-electron chi connectivity index (χ0n) is 16.5. The number of sulfonamides is 1. The molecule has 0 amide bonds. The van der Waals surface area contributed by atoms with Gasteiger partial charge in [0, 0.05) is 31.7 Å². The lowest BCUT2D eigenvalue weighted by Crippen LogP contribution is -2.41. The van der Waals surface area contributed by atoms with E-state index in [1.807, 2.05) is 12.1 Å². The Morgan fingerprint density at radius 1 is 1.14 bits per heavy atom. The Balaban J connectivity index is 1.47. The second-order valence-corrected chi connectivity index (χ2v) is 9.13. The fourth-order valence-corrected chi connectivity index (χ4v) is 4.11. The number of hydrogen-bond acceptors (Lipinski definition) is 6. The molecule has 1 unspecified atom stereocenters. The summed E-state index contributed by atoms with van der Waals surface area (Å²) >= 11 is 0. The molecule has 0 bridgehead atoms. The number of hydrogen-bond donors (Lipinski definition) is 3. The minimum atomic E-state index is -3.47. The number of anilines is 1. The van der Waals surface area contributed by atoms with Crippen molar-refractivity contribution in [3.05, 3.63) is 65.2 Å². The van der Waals surface area contributed by atoms with Gasteiger partial charge >= 0.3 is 0 Å². The first-order chi connectivity index (χ1) is 13.8. The Morgan fingerprint density at radius 2 is 1.83 bits per heavy atom. The molecule has 1 aliphatic rings. The fraction of sp³-hybridized carbons (Fsp3) is 0.381. The number of carbonyl (C=O) groups is 1. The molecule has 3 rings (SSSR count). The van der Waals surface area contributed by atoms with Crippen molar-refractivity contribution in [2.45, 2.75) is 19.1 Å². The number of aliphatic hydroxyl groups excluding tert-OH is 1. The third-order valence-corrected chi connectivity index (χ3v) is 5.46. The average Bonchev–Trinajstić information content (AvgIpc) is 2.67. The van der Waals surface area contributed by atoms with E-state index in [0.29, 0.717) is 12.1 Å². The number of nitrogens with zero attached hydrogens (tertiary/aromatic N) is 1. The van der Waals surface area contributed by atoms with Crippen molar-refractivity contribution in [3.63, 3.8) is 0 Å². The summed E-state index contributed by atoms with van der Waals surface area (Å²) in [7, 11) is -3.47. The van der Waals surface area contributed by atoms with Crippen LogP contribution in [0, 0.1) is 0 Å². The number of fused-ring (bicyclic) bond motifs is 1. The van der Waals surface area contributed by atoms with Crippen LogP contribution in [0.1, 0.15) is 21.5 Å². The van der Waals surface area contributed by atoms with E-state index >= 15 is 0 Å². The average molecular weight is 418 g/mol. The summed E-state index contributed by atoms with van der Waals surface area (Å²) in [5, 5.41) is 13.3. The lowest BCUT2D eigenvalue weighted by molar-refractivity contribution is 0.0944. The molecule has 29 heavy (non-hydrogen) atoms. The standard InChI is InChI=1S/C21H27N3O4S/c1-29(27,28)23-20-9-5-4-8-19(20)21(26)13-22-12-18(25)15-24-11-10-16-6-2-3-7-17(16)14-24/h2-9,18,22-23,25H,10-15H2,1H3. The van der Waals surface area contributed by atoms with Crippen molar-refractivity contribution in [1.29, 1.82) is 0 Å². The Labute approximate surface area is 171 Å². The Kier molecular flexibility index (Phi) is 7.02. The van der Waals surface area contributed by atoms with E-state index in [2.05, 4.69) is 27.1 Å². The molecule has 0 fully saturated rings. The normalized spacial score (nSPS) is 15.5. The molecule has 1 aliphatic heterocycles. The molecule has 8 heteroatoms. The van der Waals surface area contributed by atoms with Crippen molar-refractivity contribution in [1.82, 2.24) is 10.2 Å². The molecule has 1 atom stereocenters. The fourth-order valence-electron chi connectivity index (χ4n) is 3.54. The molecule has 0 aliphatic carbocycles. The number of carbonyl (C=O) groups excluding carboxylic acids is 1. The van der Waals surface area contributed by atoms with Crippen LogP contribution in [0.3, 0.4) is 0 Å². The molecule has 0 aromatic heterocycles. The number of benzene rings is 2. The predicted octanol–water partition coefficient (Wildman–Crippen LogP) is 1.25. The van der Waals surface area contributed by atoms with Gasteiger partial charge in [-0.3, -0.25) is 14.4 Å². The molecule has 2 aromatic rings. The van der Waals surface area contributed by atoms with E-state index in [4.69, 9.17) is 0 Å². The maximum atomic E-state index is 12.5. The molecule has 1 heterocycles. The number of ketones is 1. The third-order valence-electron chi connectivity index (χ3n) is 4.87. The third kappa shape index (κ3) is 6.37. The van der Waals surface area contributed by atoms with E-state index < -0.39 is 16.1 Å². The Hall–Kier alpha value is -2.26. The van der Waals surface area contributed by atoms with Crippen LogP contribution in [-0.4, -0.2) is 62.7 Å². The number of rotatable bonds is 9. The summed E-state index contributed by atoms with van der Waals surface area (Å²) in [6.07, 6.45) is 1.42. The molecule has 7 nitrogen and oxygen atoms in total. The van der Waals surface area contributed by atoms with E-state index in [-0.39, 0.29) is 24.6 Å². The van der Waals surface area contributed by atoms with Gasteiger partial charge in [-0.25, -0.2) is 8.42 Å².